The number of nitrogens with zero attached hydrogens (tertiary/aromatic N) is 5. The predicted molar refractivity (Wildman–Crippen MR) is 103 cm³/mol. The summed E-state index contributed by atoms with van der Waals surface area (Å²) in [6, 6.07) is 5.15. The van der Waals surface area contributed by atoms with Crippen LogP contribution >= 0.6 is 0 Å². The Morgan fingerprint density at radius 3 is 2.79 bits per heavy atom. The van der Waals surface area contributed by atoms with E-state index in [2.05, 4.69) is 26.3 Å². The van der Waals surface area contributed by atoms with Gasteiger partial charge in [0.05, 0.1) is 12.3 Å². The molecule has 2 N–H and O–H groups in total. The lowest BCUT2D eigenvalue weighted by Crippen LogP contribution is -2.27. The van der Waals surface area contributed by atoms with E-state index in [9.17, 15) is 14.3 Å². The van der Waals surface area contributed by atoms with Crippen LogP contribution in [0.1, 0.15) is 42.5 Å². The Morgan fingerprint density at radius 2 is 2.07 bits per heavy atom. The molecule has 3 aromatic heterocycles. The summed E-state index contributed by atoms with van der Waals surface area (Å²) >= 11 is 0. The summed E-state index contributed by atoms with van der Waals surface area (Å²) in [4.78, 5) is 24.4. The molecule has 0 radical (unpaired) electrons. The molecule has 29 heavy (non-hydrogen) atoms. The molecule has 1 aliphatic carbocycles. The first-order chi connectivity index (χ1) is 14.0. The van der Waals surface area contributed by atoms with E-state index in [1.807, 2.05) is 0 Å². The van der Waals surface area contributed by atoms with Crippen molar-refractivity contribution in [2.24, 2.45) is 5.92 Å². The molecule has 1 saturated carbocycles. The van der Waals surface area contributed by atoms with Gasteiger partial charge in [0.25, 0.3) is 0 Å². The summed E-state index contributed by atoms with van der Waals surface area (Å²) in [5, 5.41) is 21.6. The Hall–Kier alpha value is -3.54. The van der Waals surface area contributed by atoms with Gasteiger partial charge in [0, 0.05) is 24.9 Å². The fraction of sp³-hybridized carbons (Fsp3) is 0.350. The second-order valence-corrected chi connectivity index (χ2v) is 7.20. The van der Waals surface area contributed by atoms with Gasteiger partial charge in [-0.05, 0) is 43.7 Å². The van der Waals surface area contributed by atoms with Gasteiger partial charge in [0.1, 0.15) is 28.5 Å². The standard InChI is InChI=1S/C20H19FN6O2/c21-13-3-6-17-23-10-16(27(17)11-13)19-24-9-15(20(28)29)18(26-19)25-14-4-1-12(2-5-14)7-8-22/h3,6,9-12,14H,1-2,4-5,7H2,(H,28,29)(H,24,25,26)/t12-,14-. The Morgan fingerprint density at radius 1 is 1.28 bits per heavy atom. The largest absolute Gasteiger partial charge is 0.477 e. The van der Waals surface area contributed by atoms with E-state index < -0.39 is 11.8 Å². The van der Waals surface area contributed by atoms with Crippen molar-refractivity contribution in [2.45, 2.75) is 38.1 Å². The van der Waals surface area contributed by atoms with E-state index in [-0.39, 0.29) is 23.2 Å². The molecule has 0 amide bonds. The molecule has 0 atom stereocenters. The number of anilines is 1. The zero-order valence-electron chi connectivity index (χ0n) is 15.5. The lowest BCUT2D eigenvalue weighted by molar-refractivity contribution is 0.0697. The third-order valence-corrected chi connectivity index (χ3v) is 5.29. The summed E-state index contributed by atoms with van der Waals surface area (Å²) in [6.07, 6.45) is 8.13. The van der Waals surface area contributed by atoms with E-state index in [0.717, 1.165) is 25.7 Å². The highest BCUT2D eigenvalue weighted by Crippen LogP contribution is 2.29. The molecule has 148 valence electrons. The molecule has 0 saturated heterocycles. The number of halogens is 1. The van der Waals surface area contributed by atoms with E-state index in [1.54, 1.807) is 6.07 Å². The number of imidazole rings is 1. The van der Waals surface area contributed by atoms with Crippen LogP contribution in [0.15, 0.2) is 30.7 Å². The average Bonchev–Trinajstić information content (AvgIpc) is 3.12. The summed E-state index contributed by atoms with van der Waals surface area (Å²) in [5.74, 6) is -0.662. The highest BCUT2D eigenvalue weighted by atomic mass is 19.1. The molecule has 0 unspecified atom stereocenters. The van der Waals surface area contributed by atoms with Gasteiger partial charge < -0.3 is 10.4 Å². The summed E-state index contributed by atoms with van der Waals surface area (Å²) < 4.78 is 15.2. The molecule has 1 fully saturated rings. The second kappa shape index (κ2) is 7.83. The molecular weight excluding hydrogens is 375 g/mol. The molecule has 0 spiro atoms. The number of carboxylic acid groups (broad SMARTS) is 1. The molecule has 9 heteroatoms. The Balaban J connectivity index is 1.64. The number of hydrogen-bond donors (Lipinski definition) is 2. The smallest absolute Gasteiger partial charge is 0.341 e. The van der Waals surface area contributed by atoms with Gasteiger partial charge in [0.2, 0.25) is 0 Å². The van der Waals surface area contributed by atoms with Gasteiger partial charge >= 0.3 is 5.97 Å². The van der Waals surface area contributed by atoms with E-state index in [1.165, 1.54) is 29.1 Å². The average molecular weight is 394 g/mol. The minimum atomic E-state index is -1.12. The van der Waals surface area contributed by atoms with Crippen LogP contribution in [0, 0.1) is 23.1 Å². The maximum atomic E-state index is 13.7. The van der Waals surface area contributed by atoms with Crippen LogP contribution in [0.5, 0.6) is 0 Å². The SMILES string of the molecule is N#CC[C@H]1CC[C@H](Nc2nc(-c3cnc4ccc(F)cn34)ncc2C(=O)O)CC1. The lowest BCUT2D eigenvalue weighted by Gasteiger charge is -2.28. The monoisotopic (exact) mass is 394 g/mol. The molecule has 3 heterocycles. The van der Waals surface area contributed by atoms with E-state index >= 15 is 0 Å². The van der Waals surface area contributed by atoms with Crippen LogP contribution in [0.2, 0.25) is 0 Å². The number of carboxylic acids is 1. The van der Waals surface area contributed by atoms with Crippen LogP contribution in [-0.4, -0.2) is 36.5 Å². The predicted octanol–water partition coefficient (Wildman–Crippen LogP) is 3.51. The van der Waals surface area contributed by atoms with E-state index in [4.69, 9.17) is 5.26 Å². The number of hydrogen-bond acceptors (Lipinski definition) is 6. The normalized spacial score (nSPS) is 19.0. The second-order valence-electron chi connectivity index (χ2n) is 7.20. The van der Waals surface area contributed by atoms with E-state index in [0.29, 0.717) is 23.7 Å². The minimum absolute atomic E-state index is 0.0205. The van der Waals surface area contributed by atoms with Gasteiger partial charge in [-0.3, -0.25) is 4.40 Å². The number of carbonyl (C=O) groups is 1. The van der Waals surface area contributed by atoms with Crippen LogP contribution in [0.25, 0.3) is 17.2 Å². The molecule has 0 aliphatic heterocycles. The zero-order chi connectivity index (χ0) is 20.4. The van der Waals surface area contributed by atoms with Gasteiger partial charge in [0.15, 0.2) is 5.82 Å². The quantitative estimate of drug-likeness (QED) is 0.680. The highest BCUT2D eigenvalue weighted by molar-refractivity contribution is 5.93. The van der Waals surface area contributed by atoms with Crippen molar-refractivity contribution in [2.75, 3.05) is 5.32 Å². The summed E-state index contributed by atoms with van der Waals surface area (Å²) in [6.45, 7) is 0. The molecule has 8 nitrogen and oxygen atoms in total. The third kappa shape index (κ3) is 3.87. The number of pyridine rings is 1. The first-order valence-electron chi connectivity index (χ1n) is 9.42. The molecule has 1 aliphatic rings. The number of fused-ring (bicyclic) bond motifs is 1. The van der Waals surface area contributed by atoms with Crippen LogP contribution in [0.4, 0.5) is 10.2 Å². The number of nitriles is 1. The van der Waals surface area contributed by atoms with Crippen molar-refractivity contribution in [3.63, 3.8) is 0 Å². The fourth-order valence-electron chi connectivity index (χ4n) is 3.73. The van der Waals surface area contributed by atoms with Crippen molar-refractivity contribution >= 4 is 17.4 Å². The first kappa shape index (κ1) is 18.8. The van der Waals surface area contributed by atoms with Gasteiger partial charge in [-0.15, -0.1) is 0 Å². The highest BCUT2D eigenvalue weighted by Gasteiger charge is 2.24. The maximum Gasteiger partial charge on any atom is 0.341 e. The summed E-state index contributed by atoms with van der Waals surface area (Å²) in [5.41, 5.74) is 0.989. The van der Waals surface area contributed by atoms with Crippen LogP contribution in [-0.2, 0) is 0 Å². The van der Waals surface area contributed by atoms with Crippen molar-refractivity contribution in [1.29, 1.82) is 5.26 Å². The molecule has 3 aromatic rings. The van der Waals surface area contributed by atoms with Crippen molar-refractivity contribution in [3.8, 4) is 17.6 Å². The van der Waals surface area contributed by atoms with Gasteiger partial charge in [-0.2, -0.15) is 5.26 Å². The van der Waals surface area contributed by atoms with Crippen molar-refractivity contribution in [3.05, 3.63) is 42.1 Å². The maximum absolute atomic E-state index is 13.7. The minimum Gasteiger partial charge on any atom is -0.477 e. The number of rotatable bonds is 5. The zero-order valence-corrected chi connectivity index (χ0v) is 15.5. The molecule has 4 rings (SSSR count). The molecule has 0 bridgehead atoms. The van der Waals surface area contributed by atoms with Crippen molar-refractivity contribution in [1.82, 2.24) is 19.4 Å². The Labute approximate surface area is 166 Å². The lowest BCUT2D eigenvalue weighted by atomic mass is 9.84. The number of aromatic carboxylic acids is 1. The topological polar surface area (TPSA) is 116 Å². The van der Waals surface area contributed by atoms with Crippen LogP contribution in [0.3, 0.4) is 0 Å². The fourth-order valence-corrected chi connectivity index (χ4v) is 3.73. The van der Waals surface area contributed by atoms with Crippen molar-refractivity contribution < 1.29 is 14.3 Å². The first-order valence-corrected chi connectivity index (χ1v) is 9.42. The molecule has 0 aromatic carbocycles. The summed E-state index contributed by atoms with van der Waals surface area (Å²) in [7, 11) is 0. The number of aromatic nitrogens is 4. The Bertz CT molecular complexity index is 1100. The third-order valence-electron chi connectivity index (χ3n) is 5.29. The Kier molecular flexibility index (Phi) is 5.08. The van der Waals surface area contributed by atoms with Gasteiger partial charge in [-0.1, -0.05) is 0 Å². The number of nitrogens with one attached hydrogen (secondary N) is 1. The molecular formula is C20H19FN6O2. The van der Waals surface area contributed by atoms with Crippen LogP contribution < -0.4 is 5.32 Å². The van der Waals surface area contributed by atoms with Gasteiger partial charge in [-0.25, -0.2) is 24.1 Å².